The molecule has 0 bridgehead atoms. The van der Waals surface area contributed by atoms with E-state index in [2.05, 4.69) is 16.0 Å². The maximum atomic E-state index is 11.5. The summed E-state index contributed by atoms with van der Waals surface area (Å²) in [6, 6.07) is 0. The number of amides is 2. The summed E-state index contributed by atoms with van der Waals surface area (Å²) in [5.41, 5.74) is -0.0429. The van der Waals surface area contributed by atoms with Crippen molar-refractivity contribution in [2.45, 2.75) is 32.2 Å². The maximum Gasteiger partial charge on any atom is 0.245 e. The van der Waals surface area contributed by atoms with E-state index in [0.29, 0.717) is 32.7 Å². The Balaban J connectivity index is 3.42. The van der Waals surface area contributed by atoms with Crippen LogP contribution in [0, 0.1) is 0 Å². The van der Waals surface area contributed by atoms with Crippen LogP contribution in [0.2, 0.25) is 0 Å². The Morgan fingerprint density at radius 3 is 2.15 bits per heavy atom. The van der Waals surface area contributed by atoms with Gasteiger partial charge < -0.3 is 25.8 Å². The van der Waals surface area contributed by atoms with E-state index >= 15 is 0 Å². The number of carbonyl (C=O) groups excluding carboxylic acids is 2. The predicted octanol–water partition coefficient (Wildman–Crippen LogP) is -0.994. The Kier molecular flexibility index (Phi) is 9.96. The van der Waals surface area contributed by atoms with Gasteiger partial charge in [-0.05, 0) is 27.3 Å². The van der Waals surface area contributed by atoms with Gasteiger partial charge in [0.1, 0.15) is 6.61 Å². The van der Waals surface area contributed by atoms with Crippen LogP contribution in [0.3, 0.4) is 0 Å². The van der Waals surface area contributed by atoms with E-state index in [1.54, 1.807) is 0 Å². The Morgan fingerprint density at radius 2 is 1.65 bits per heavy atom. The van der Waals surface area contributed by atoms with Crippen molar-refractivity contribution in [3.63, 3.8) is 0 Å². The van der Waals surface area contributed by atoms with Gasteiger partial charge in [0, 0.05) is 25.0 Å². The predicted molar refractivity (Wildman–Crippen MR) is 76.3 cm³/mol. The van der Waals surface area contributed by atoms with Gasteiger partial charge >= 0.3 is 0 Å². The van der Waals surface area contributed by atoms with Crippen LogP contribution in [0.4, 0.5) is 0 Å². The van der Waals surface area contributed by atoms with Crippen molar-refractivity contribution in [2.75, 3.05) is 40.0 Å². The quantitative estimate of drug-likeness (QED) is 0.366. The average molecular weight is 289 g/mol. The van der Waals surface area contributed by atoms with Gasteiger partial charge in [-0.1, -0.05) is 0 Å². The minimum Gasteiger partial charge on any atom is -0.387 e. The maximum absolute atomic E-state index is 11.5. The highest BCUT2D eigenvalue weighted by Gasteiger charge is 2.15. The first-order chi connectivity index (χ1) is 9.41. The first-order valence-corrected chi connectivity index (χ1v) is 6.82. The molecule has 0 aromatic carbocycles. The van der Waals surface area contributed by atoms with Gasteiger partial charge in [-0.3, -0.25) is 9.59 Å². The van der Waals surface area contributed by atoms with Gasteiger partial charge in [0.05, 0.1) is 13.2 Å². The molecule has 0 unspecified atom stereocenters. The van der Waals surface area contributed by atoms with Gasteiger partial charge in [0.25, 0.3) is 0 Å². The Hall–Kier alpha value is -1.18. The fourth-order valence-electron chi connectivity index (χ4n) is 1.32. The number of aliphatic hydroxyl groups is 1. The molecule has 0 aromatic heterocycles. The summed E-state index contributed by atoms with van der Waals surface area (Å²) in [6.07, 6.45) is 1.24. The number of carbonyl (C=O) groups is 2. The zero-order valence-corrected chi connectivity index (χ0v) is 12.6. The van der Waals surface area contributed by atoms with Gasteiger partial charge in [-0.2, -0.15) is 0 Å². The fraction of sp³-hybridized carbons (Fsp3) is 0.846. The minimum absolute atomic E-state index is 0.00510. The van der Waals surface area contributed by atoms with Crippen molar-refractivity contribution in [3.05, 3.63) is 0 Å². The standard InChI is InChI=1S/C13H27N3O4/c1-13(2,14-3)5-4-11(18)15-6-8-20-9-7-16-12(19)10-17/h14,17H,4-10H2,1-3H3,(H,15,18)(H,16,19). The van der Waals surface area contributed by atoms with Crippen LogP contribution in [0.5, 0.6) is 0 Å². The Morgan fingerprint density at radius 1 is 1.10 bits per heavy atom. The number of ether oxygens (including phenoxy) is 1. The zero-order valence-electron chi connectivity index (χ0n) is 12.6. The lowest BCUT2D eigenvalue weighted by molar-refractivity contribution is -0.124. The summed E-state index contributed by atoms with van der Waals surface area (Å²) in [6.45, 7) is 5.13. The van der Waals surface area contributed by atoms with Crippen LogP contribution in [0.15, 0.2) is 0 Å². The third-order valence-electron chi connectivity index (χ3n) is 2.93. The van der Waals surface area contributed by atoms with E-state index in [4.69, 9.17) is 9.84 Å². The van der Waals surface area contributed by atoms with E-state index in [1.807, 2.05) is 20.9 Å². The van der Waals surface area contributed by atoms with Gasteiger partial charge in [-0.25, -0.2) is 0 Å². The monoisotopic (exact) mass is 289 g/mol. The summed E-state index contributed by atoms with van der Waals surface area (Å²) in [5, 5.41) is 16.8. The van der Waals surface area contributed by atoms with Crippen LogP contribution in [-0.2, 0) is 14.3 Å². The van der Waals surface area contributed by atoms with E-state index in [1.165, 1.54) is 0 Å². The highest BCUT2D eigenvalue weighted by Crippen LogP contribution is 2.09. The van der Waals surface area contributed by atoms with Crippen molar-refractivity contribution in [1.29, 1.82) is 0 Å². The molecule has 0 spiro atoms. The van der Waals surface area contributed by atoms with Gasteiger partial charge in [0.15, 0.2) is 0 Å². The summed E-state index contributed by atoms with van der Waals surface area (Å²) in [5.74, 6) is -0.417. The molecule has 0 aliphatic heterocycles. The van der Waals surface area contributed by atoms with Crippen molar-refractivity contribution in [1.82, 2.24) is 16.0 Å². The molecular weight excluding hydrogens is 262 g/mol. The molecule has 4 N–H and O–H groups in total. The molecule has 0 aromatic rings. The number of nitrogens with one attached hydrogen (secondary N) is 3. The second kappa shape index (κ2) is 10.6. The molecule has 2 amide bonds. The lowest BCUT2D eigenvalue weighted by atomic mass is 9.99. The van der Waals surface area contributed by atoms with E-state index < -0.39 is 12.5 Å². The highest BCUT2D eigenvalue weighted by atomic mass is 16.5. The molecule has 0 atom stereocenters. The van der Waals surface area contributed by atoms with Crippen LogP contribution in [-0.4, -0.2) is 62.4 Å². The molecule has 7 heteroatoms. The molecule has 118 valence electrons. The molecule has 0 saturated heterocycles. The summed E-state index contributed by atoms with van der Waals surface area (Å²) >= 11 is 0. The van der Waals surface area contributed by atoms with Crippen LogP contribution < -0.4 is 16.0 Å². The fourth-order valence-corrected chi connectivity index (χ4v) is 1.32. The number of hydrogen-bond donors (Lipinski definition) is 4. The molecule has 0 radical (unpaired) electrons. The Bertz CT molecular complexity index is 295. The first-order valence-electron chi connectivity index (χ1n) is 6.82. The molecule has 7 nitrogen and oxygen atoms in total. The molecular formula is C13H27N3O4. The molecule has 0 aliphatic rings. The molecule has 20 heavy (non-hydrogen) atoms. The third-order valence-corrected chi connectivity index (χ3v) is 2.93. The normalized spacial score (nSPS) is 11.2. The highest BCUT2D eigenvalue weighted by molar-refractivity contribution is 5.76. The minimum atomic E-state index is -0.515. The van der Waals surface area contributed by atoms with Gasteiger partial charge in [0.2, 0.25) is 11.8 Å². The summed E-state index contributed by atoms with van der Waals surface area (Å²) in [4.78, 5) is 22.2. The van der Waals surface area contributed by atoms with Crippen molar-refractivity contribution < 1.29 is 19.4 Å². The molecule has 0 saturated carbocycles. The SMILES string of the molecule is CNC(C)(C)CCC(=O)NCCOCCNC(=O)CO. The smallest absolute Gasteiger partial charge is 0.245 e. The van der Waals surface area contributed by atoms with Crippen LogP contribution in [0.25, 0.3) is 0 Å². The van der Waals surface area contributed by atoms with E-state index in [0.717, 1.165) is 6.42 Å². The molecule has 0 fully saturated rings. The zero-order chi connectivity index (χ0) is 15.4. The number of rotatable bonds is 11. The van der Waals surface area contributed by atoms with Crippen molar-refractivity contribution >= 4 is 11.8 Å². The molecule has 0 rings (SSSR count). The van der Waals surface area contributed by atoms with E-state index in [-0.39, 0.29) is 11.4 Å². The molecule has 0 aliphatic carbocycles. The largest absolute Gasteiger partial charge is 0.387 e. The summed E-state index contributed by atoms with van der Waals surface area (Å²) in [7, 11) is 1.88. The van der Waals surface area contributed by atoms with Crippen molar-refractivity contribution in [3.8, 4) is 0 Å². The first kappa shape index (κ1) is 18.8. The van der Waals surface area contributed by atoms with Crippen LogP contribution >= 0.6 is 0 Å². The lowest BCUT2D eigenvalue weighted by Gasteiger charge is -2.23. The third kappa shape index (κ3) is 10.7. The molecule has 0 heterocycles. The van der Waals surface area contributed by atoms with Crippen molar-refractivity contribution in [2.24, 2.45) is 0 Å². The topological polar surface area (TPSA) is 99.7 Å². The number of aliphatic hydroxyl groups excluding tert-OH is 1. The van der Waals surface area contributed by atoms with Gasteiger partial charge in [-0.15, -0.1) is 0 Å². The second-order valence-electron chi connectivity index (χ2n) is 5.10. The lowest BCUT2D eigenvalue weighted by Crippen LogP contribution is -2.38. The second-order valence-corrected chi connectivity index (χ2v) is 5.10. The van der Waals surface area contributed by atoms with E-state index in [9.17, 15) is 9.59 Å². The number of hydrogen-bond acceptors (Lipinski definition) is 5. The average Bonchev–Trinajstić information content (AvgIpc) is 2.43. The summed E-state index contributed by atoms with van der Waals surface area (Å²) < 4.78 is 5.22. The van der Waals surface area contributed by atoms with Crippen LogP contribution in [0.1, 0.15) is 26.7 Å². The Labute approximate surface area is 120 Å².